The van der Waals surface area contributed by atoms with Crippen LogP contribution < -0.4 is 4.90 Å². The summed E-state index contributed by atoms with van der Waals surface area (Å²) in [4.78, 5) is 2.55. The molecule has 2 atom stereocenters. The summed E-state index contributed by atoms with van der Waals surface area (Å²) in [5.41, 5.74) is 2.53. The van der Waals surface area contributed by atoms with Crippen molar-refractivity contribution in [2.75, 3.05) is 44.2 Å². The first-order chi connectivity index (χ1) is 11.3. The number of hydrogen-bond donors (Lipinski definition) is 0. The Morgan fingerprint density at radius 1 is 0.957 bits per heavy atom. The van der Waals surface area contributed by atoms with Gasteiger partial charge in [0.25, 0.3) is 0 Å². The topological polar surface area (TPSA) is 16.4 Å². The molecule has 1 spiro atoms. The molecule has 0 amide bonds. The van der Waals surface area contributed by atoms with Crippen molar-refractivity contribution in [3.05, 3.63) is 30.5 Å². The largest absolute Gasteiger partial charge is 0.462 e. The van der Waals surface area contributed by atoms with Crippen LogP contribution in [0.2, 0.25) is 0 Å². The predicted octanol–water partition coefficient (Wildman–Crippen LogP) is 3.84. The Labute approximate surface area is 138 Å². The van der Waals surface area contributed by atoms with Crippen LogP contribution in [0.4, 0.5) is 5.69 Å². The molecule has 0 radical (unpaired) electrons. The molecule has 2 saturated heterocycles. The van der Waals surface area contributed by atoms with E-state index in [9.17, 15) is 0 Å². The number of piperazine rings is 1. The zero-order valence-corrected chi connectivity index (χ0v) is 13.9. The van der Waals surface area contributed by atoms with E-state index in [1.807, 2.05) is 6.07 Å². The fraction of sp³-hybridized carbons (Fsp3) is 0.600. The molecule has 0 N–H and O–H groups in total. The monoisotopic (exact) mass is 311 g/mol. The van der Waals surface area contributed by atoms with Gasteiger partial charge in [-0.05, 0) is 37.1 Å². The molecular weight excluding hydrogens is 284 g/mol. The second-order valence-electron chi connectivity index (χ2n) is 8.06. The third-order valence-electron chi connectivity index (χ3n) is 6.80. The van der Waals surface area contributed by atoms with Gasteiger partial charge in [0.1, 0.15) is 0 Å². The molecule has 3 fully saturated rings. The Balaban J connectivity index is 1.31. The van der Waals surface area contributed by atoms with Gasteiger partial charge in [0, 0.05) is 17.4 Å². The third-order valence-corrected chi connectivity index (χ3v) is 6.80. The highest BCUT2D eigenvalue weighted by Crippen LogP contribution is 2.41. The molecule has 5 rings (SSSR count). The van der Waals surface area contributed by atoms with Gasteiger partial charge >= 0.3 is 0 Å². The van der Waals surface area contributed by atoms with Crippen LogP contribution >= 0.6 is 0 Å². The molecule has 3 heterocycles. The molecule has 5 aliphatic rings. The van der Waals surface area contributed by atoms with Crippen molar-refractivity contribution in [2.45, 2.75) is 25.7 Å². The first-order valence-corrected chi connectivity index (χ1v) is 9.39. The van der Waals surface area contributed by atoms with Gasteiger partial charge in [-0.25, -0.2) is 0 Å². The van der Waals surface area contributed by atoms with E-state index in [4.69, 9.17) is 4.42 Å². The Bertz CT molecular complexity index is 639. The van der Waals surface area contributed by atoms with Crippen molar-refractivity contribution in [3.63, 3.8) is 0 Å². The lowest BCUT2D eigenvalue weighted by atomic mass is 9.82. The quantitative estimate of drug-likeness (QED) is 0.744. The summed E-state index contributed by atoms with van der Waals surface area (Å²) in [5, 5.41) is 0. The van der Waals surface area contributed by atoms with Crippen LogP contribution in [-0.4, -0.2) is 43.8 Å². The van der Waals surface area contributed by atoms with Crippen LogP contribution in [0.15, 0.2) is 34.9 Å². The van der Waals surface area contributed by atoms with Crippen LogP contribution in [0.1, 0.15) is 25.7 Å². The van der Waals surface area contributed by atoms with Crippen molar-refractivity contribution in [1.82, 2.24) is 0 Å². The molecule has 1 saturated carbocycles. The van der Waals surface area contributed by atoms with E-state index in [-0.39, 0.29) is 0 Å². The van der Waals surface area contributed by atoms with Gasteiger partial charge in [-0.1, -0.05) is 12.8 Å². The molecule has 23 heavy (non-hydrogen) atoms. The van der Waals surface area contributed by atoms with Crippen LogP contribution in [0, 0.1) is 11.8 Å². The minimum atomic E-state index is 1.03. The maximum atomic E-state index is 5.78. The Morgan fingerprint density at radius 3 is 2.43 bits per heavy atom. The Morgan fingerprint density at radius 2 is 1.70 bits per heavy atom. The van der Waals surface area contributed by atoms with Crippen molar-refractivity contribution in [2.24, 2.45) is 11.8 Å². The summed E-state index contributed by atoms with van der Waals surface area (Å²) in [6, 6.07) is 8.56. The van der Waals surface area contributed by atoms with Gasteiger partial charge in [0.15, 0.2) is 5.76 Å². The smallest absolute Gasteiger partial charge is 0.157 e. The predicted molar refractivity (Wildman–Crippen MR) is 92.7 cm³/mol. The van der Waals surface area contributed by atoms with Crippen LogP contribution in [-0.2, 0) is 0 Å². The van der Waals surface area contributed by atoms with E-state index in [0.29, 0.717) is 0 Å². The van der Waals surface area contributed by atoms with E-state index >= 15 is 0 Å². The van der Waals surface area contributed by atoms with Crippen molar-refractivity contribution in [1.29, 1.82) is 0 Å². The van der Waals surface area contributed by atoms with Gasteiger partial charge in [-0.2, -0.15) is 0 Å². The number of quaternary nitrogens is 1. The van der Waals surface area contributed by atoms with Gasteiger partial charge in [0.2, 0.25) is 0 Å². The molecular formula is C20H27N2O+. The minimum Gasteiger partial charge on any atom is -0.462 e. The molecule has 3 aliphatic heterocycles. The van der Waals surface area contributed by atoms with Crippen molar-refractivity contribution in [3.8, 4) is 11.3 Å². The molecule has 0 aromatic rings. The lowest BCUT2D eigenvalue weighted by Crippen LogP contribution is -2.58. The maximum Gasteiger partial charge on any atom is 0.157 e. The Kier molecular flexibility index (Phi) is 3.19. The molecule has 2 unspecified atom stereocenters. The van der Waals surface area contributed by atoms with Gasteiger partial charge < -0.3 is 13.8 Å². The zero-order chi connectivity index (χ0) is 15.3. The fourth-order valence-electron chi connectivity index (χ4n) is 5.56. The SMILES string of the molecule is c1coc2c(N3CC[N+]4(CC3)CC3CCCCC3C4)ccc-2c1. The summed E-state index contributed by atoms with van der Waals surface area (Å²) in [5.74, 6) is 3.13. The second-order valence-corrected chi connectivity index (χ2v) is 8.06. The number of anilines is 1. The zero-order valence-electron chi connectivity index (χ0n) is 13.9. The van der Waals surface area contributed by atoms with Gasteiger partial charge in [-0.3, -0.25) is 0 Å². The summed E-state index contributed by atoms with van der Waals surface area (Å²) >= 11 is 0. The summed E-state index contributed by atoms with van der Waals surface area (Å²) < 4.78 is 7.19. The van der Waals surface area contributed by atoms with E-state index < -0.39 is 0 Å². The average Bonchev–Trinajstić information content (AvgIpc) is 3.17. The van der Waals surface area contributed by atoms with E-state index in [2.05, 4.69) is 23.1 Å². The maximum absolute atomic E-state index is 5.78. The third kappa shape index (κ3) is 2.28. The molecule has 3 heteroatoms. The second kappa shape index (κ2) is 5.27. The van der Waals surface area contributed by atoms with E-state index in [1.54, 1.807) is 6.26 Å². The first-order valence-electron chi connectivity index (χ1n) is 9.39. The van der Waals surface area contributed by atoms with Crippen LogP contribution in [0.25, 0.3) is 11.3 Å². The van der Waals surface area contributed by atoms with E-state index in [1.165, 1.54) is 80.7 Å². The summed E-state index contributed by atoms with van der Waals surface area (Å²) in [6.07, 6.45) is 7.76. The highest BCUT2D eigenvalue weighted by atomic mass is 16.3. The lowest BCUT2D eigenvalue weighted by molar-refractivity contribution is -0.919. The van der Waals surface area contributed by atoms with Crippen molar-refractivity contribution < 1.29 is 8.90 Å². The summed E-state index contributed by atoms with van der Waals surface area (Å²) in [7, 11) is 0. The summed E-state index contributed by atoms with van der Waals surface area (Å²) in [6.45, 7) is 7.94. The van der Waals surface area contributed by atoms with Crippen LogP contribution in [0.3, 0.4) is 0 Å². The standard InChI is InChI=1S/C20H27N2O/c1-2-5-18-15-22(14-17(18)4-1)11-9-21(10-12-22)19-8-7-16-6-3-13-23-20(16)19/h3,6-8,13,17-18H,1-2,4-5,9-12,14-15H2/q+1. The molecule has 3 nitrogen and oxygen atoms in total. The molecule has 0 aromatic carbocycles. The molecule has 2 aliphatic carbocycles. The van der Waals surface area contributed by atoms with Crippen molar-refractivity contribution >= 4 is 5.69 Å². The molecule has 122 valence electrons. The van der Waals surface area contributed by atoms with Gasteiger partial charge in [-0.15, -0.1) is 0 Å². The number of nitrogens with zero attached hydrogens (tertiary/aromatic N) is 2. The lowest BCUT2D eigenvalue weighted by Gasteiger charge is -2.43. The number of hydrogen-bond acceptors (Lipinski definition) is 2. The van der Waals surface area contributed by atoms with Gasteiger partial charge in [0.05, 0.1) is 51.2 Å². The normalized spacial score (nSPS) is 30.0. The number of fused-ring (bicyclic) bond motifs is 2. The van der Waals surface area contributed by atoms with E-state index in [0.717, 1.165) is 17.6 Å². The highest BCUT2D eigenvalue weighted by molar-refractivity contribution is 5.77. The average molecular weight is 311 g/mol. The Hall–Kier alpha value is -1.48. The number of rotatable bonds is 1. The molecule has 0 aromatic heterocycles. The van der Waals surface area contributed by atoms with Crippen LogP contribution in [0.5, 0.6) is 0 Å². The minimum absolute atomic E-state index is 1.03. The highest BCUT2D eigenvalue weighted by Gasteiger charge is 2.47. The fourth-order valence-corrected chi connectivity index (χ4v) is 5.56. The first kappa shape index (κ1) is 13.9. The molecule has 0 bridgehead atoms.